The largest absolute Gasteiger partial charge is 0.467 e. The first kappa shape index (κ1) is 18.4. The van der Waals surface area contributed by atoms with Crippen LogP contribution in [0.4, 0.5) is 0 Å². The van der Waals surface area contributed by atoms with Crippen molar-refractivity contribution in [2.45, 2.75) is 19.0 Å². The van der Waals surface area contributed by atoms with Gasteiger partial charge in [0.25, 0.3) is 11.5 Å². The van der Waals surface area contributed by atoms with Crippen molar-refractivity contribution in [3.05, 3.63) is 64.5 Å². The van der Waals surface area contributed by atoms with Gasteiger partial charge in [-0.05, 0) is 24.6 Å². The first-order valence-electron chi connectivity index (χ1n) is 8.85. The van der Waals surface area contributed by atoms with Gasteiger partial charge >= 0.3 is 0 Å². The Labute approximate surface area is 161 Å². The normalized spacial score (nSPS) is 18.4. The van der Waals surface area contributed by atoms with Crippen LogP contribution in [-0.2, 0) is 23.4 Å². The van der Waals surface area contributed by atoms with Gasteiger partial charge in [0, 0.05) is 18.5 Å². The molecule has 3 heterocycles. The second-order valence-corrected chi connectivity index (χ2v) is 9.12. The molecular weight excluding hydrogens is 382 g/mol. The zero-order valence-electron chi connectivity index (χ0n) is 15.2. The molecule has 3 aromatic rings. The van der Waals surface area contributed by atoms with E-state index in [1.807, 2.05) is 0 Å². The lowest BCUT2D eigenvalue weighted by Gasteiger charge is -2.27. The Hall–Kier alpha value is -2.94. The molecule has 1 saturated heterocycles. The van der Waals surface area contributed by atoms with E-state index in [2.05, 4.69) is 5.10 Å². The SMILES string of the molecule is Cn1nc(C(=O)N(Cc2ccco2)[C@@H]2CCS(=O)(=O)C2)c2ccccc2c1=O. The predicted molar refractivity (Wildman–Crippen MR) is 103 cm³/mol. The number of amides is 1. The third-order valence-corrected chi connectivity index (χ3v) is 6.73. The van der Waals surface area contributed by atoms with E-state index < -0.39 is 21.8 Å². The molecule has 0 saturated carbocycles. The number of aryl methyl sites for hydroxylation is 1. The molecule has 1 fully saturated rings. The van der Waals surface area contributed by atoms with Crippen LogP contribution in [0.15, 0.2) is 51.9 Å². The molecule has 1 aromatic carbocycles. The summed E-state index contributed by atoms with van der Waals surface area (Å²) >= 11 is 0. The zero-order chi connectivity index (χ0) is 19.9. The van der Waals surface area contributed by atoms with E-state index in [9.17, 15) is 18.0 Å². The van der Waals surface area contributed by atoms with Gasteiger partial charge in [0.2, 0.25) is 0 Å². The van der Waals surface area contributed by atoms with Crippen LogP contribution in [-0.4, -0.2) is 46.6 Å². The number of fused-ring (bicyclic) bond motifs is 1. The third kappa shape index (κ3) is 3.33. The number of carbonyl (C=O) groups excluding carboxylic acids is 1. The molecule has 9 heteroatoms. The first-order chi connectivity index (χ1) is 13.4. The average molecular weight is 401 g/mol. The van der Waals surface area contributed by atoms with E-state index in [1.165, 1.54) is 18.2 Å². The van der Waals surface area contributed by atoms with Crippen LogP contribution in [0.3, 0.4) is 0 Å². The number of sulfone groups is 1. The summed E-state index contributed by atoms with van der Waals surface area (Å²) in [4.78, 5) is 27.3. The van der Waals surface area contributed by atoms with E-state index in [1.54, 1.807) is 36.4 Å². The second kappa shape index (κ2) is 6.90. The Morgan fingerprint density at radius 3 is 2.64 bits per heavy atom. The number of aromatic nitrogens is 2. The molecular formula is C19H19N3O5S. The highest BCUT2D eigenvalue weighted by Crippen LogP contribution is 2.24. The monoisotopic (exact) mass is 401 g/mol. The summed E-state index contributed by atoms with van der Waals surface area (Å²) in [5, 5.41) is 5.03. The number of hydrogen-bond acceptors (Lipinski definition) is 6. The Morgan fingerprint density at radius 2 is 2.00 bits per heavy atom. The van der Waals surface area contributed by atoms with E-state index in [0.29, 0.717) is 23.0 Å². The summed E-state index contributed by atoms with van der Waals surface area (Å²) in [7, 11) is -1.70. The van der Waals surface area contributed by atoms with Crippen LogP contribution >= 0.6 is 0 Å². The van der Waals surface area contributed by atoms with Crippen LogP contribution in [0.1, 0.15) is 22.7 Å². The standard InChI is InChI=1S/C19H19N3O5S/c1-21-18(23)16-7-3-2-6-15(16)17(20-21)19(24)22(11-14-5-4-9-27-14)13-8-10-28(25,26)12-13/h2-7,9,13H,8,10-12H2,1H3/t13-/m1/s1. The van der Waals surface area contributed by atoms with Crippen molar-refractivity contribution in [3.63, 3.8) is 0 Å². The summed E-state index contributed by atoms with van der Waals surface area (Å²) < 4.78 is 30.5. The summed E-state index contributed by atoms with van der Waals surface area (Å²) in [6.45, 7) is 0.130. The van der Waals surface area contributed by atoms with Crippen LogP contribution in [0.5, 0.6) is 0 Å². The number of furan rings is 1. The number of carbonyl (C=O) groups is 1. The lowest BCUT2D eigenvalue weighted by Crippen LogP contribution is -2.41. The van der Waals surface area contributed by atoms with Gasteiger partial charge in [-0.3, -0.25) is 9.59 Å². The highest BCUT2D eigenvalue weighted by Gasteiger charge is 2.36. The van der Waals surface area contributed by atoms with Crippen molar-refractivity contribution in [1.29, 1.82) is 0 Å². The van der Waals surface area contributed by atoms with Gasteiger partial charge in [0.1, 0.15) is 5.76 Å². The number of benzene rings is 1. The van der Waals surface area contributed by atoms with E-state index in [0.717, 1.165) is 4.68 Å². The summed E-state index contributed by atoms with van der Waals surface area (Å²) in [6, 6.07) is 9.75. The highest BCUT2D eigenvalue weighted by molar-refractivity contribution is 7.91. The lowest BCUT2D eigenvalue weighted by molar-refractivity contribution is 0.0660. The molecule has 4 rings (SSSR count). The van der Waals surface area contributed by atoms with Crippen molar-refractivity contribution < 1.29 is 17.6 Å². The molecule has 0 spiro atoms. The lowest BCUT2D eigenvalue weighted by atomic mass is 10.1. The molecule has 0 radical (unpaired) electrons. The van der Waals surface area contributed by atoms with Crippen LogP contribution in [0.2, 0.25) is 0 Å². The van der Waals surface area contributed by atoms with Crippen molar-refractivity contribution in [2.75, 3.05) is 11.5 Å². The average Bonchev–Trinajstić information content (AvgIpc) is 3.31. The smallest absolute Gasteiger partial charge is 0.275 e. The van der Waals surface area contributed by atoms with Crippen LogP contribution in [0.25, 0.3) is 10.8 Å². The summed E-state index contributed by atoms with van der Waals surface area (Å²) in [6.07, 6.45) is 1.86. The molecule has 1 amide bonds. The Morgan fingerprint density at radius 1 is 1.25 bits per heavy atom. The maximum Gasteiger partial charge on any atom is 0.275 e. The topological polar surface area (TPSA) is 102 Å². The minimum absolute atomic E-state index is 0.0427. The van der Waals surface area contributed by atoms with Gasteiger partial charge in [-0.1, -0.05) is 18.2 Å². The molecule has 2 aromatic heterocycles. The van der Waals surface area contributed by atoms with Crippen molar-refractivity contribution in [1.82, 2.24) is 14.7 Å². The number of hydrogen-bond donors (Lipinski definition) is 0. The van der Waals surface area contributed by atoms with E-state index >= 15 is 0 Å². The molecule has 0 bridgehead atoms. The highest BCUT2D eigenvalue weighted by atomic mass is 32.2. The molecule has 1 aliphatic heterocycles. The molecule has 0 aliphatic carbocycles. The van der Waals surface area contributed by atoms with Gasteiger partial charge in [-0.2, -0.15) is 5.10 Å². The van der Waals surface area contributed by atoms with Crippen LogP contribution < -0.4 is 5.56 Å². The molecule has 146 valence electrons. The third-order valence-electron chi connectivity index (χ3n) is 4.98. The van der Waals surface area contributed by atoms with Crippen molar-refractivity contribution in [3.8, 4) is 0 Å². The minimum atomic E-state index is -3.19. The maximum atomic E-state index is 13.5. The molecule has 1 atom stereocenters. The molecule has 28 heavy (non-hydrogen) atoms. The van der Waals surface area contributed by atoms with Gasteiger partial charge in [-0.15, -0.1) is 0 Å². The first-order valence-corrected chi connectivity index (χ1v) is 10.7. The van der Waals surface area contributed by atoms with Crippen molar-refractivity contribution >= 4 is 26.5 Å². The number of rotatable bonds is 4. The second-order valence-electron chi connectivity index (χ2n) is 6.89. The van der Waals surface area contributed by atoms with Crippen LogP contribution in [0, 0.1) is 0 Å². The van der Waals surface area contributed by atoms with E-state index in [4.69, 9.17) is 4.42 Å². The quantitative estimate of drug-likeness (QED) is 0.654. The minimum Gasteiger partial charge on any atom is -0.467 e. The predicted octanol–water partition coefficient (Wildman–Crippen LogP) is 1.36. The van der Waals surface area contributed by atoms with Gasteiger partial charge in [0.05, 0.1) is 29.7 Å². The van der Waals surface area contributed by atoms with Gasteiger partial charge < -0.3 is 9.32 Å². The van der Waals surface area contributed by atoms with Crippen molar-refractivity contribution in [2.24, 2.45) is 7.05 Å². The summed E-state index contributed by atoms with van der Waals surface area (Å²) in [5.74, 6) is 0.0709. The maximum absolute atomic E-state index is 13.5. The number of nitrogens with zero attached hydrogens (tertiary/aromatic N) is 3. The Bertz CT molecular complexity index is 1200. The molecule has 1 aliphatic rings. The van der Waals surface area contributed by atoms with Gasteiger partial charge in [-0.25, -0.2) is 13.1 Å². The Balaban J connectivity index is 1.81. The van der Waals surface area contributed by atoms with Gasteiger partial charge in [0.15, 0.2) is 15.5 Å². The molecule has 0 N–H and O–H groups in total. The fourth-order valence-corrected chi connectivity index (χ4v) is 5.28. The zero-order valence-corrected chi connectivity index (χ0v) is 16.1. The van der Waals surface area contributed by atoms with E-state index in [-0.39, 0.29) is 29.3 Å². The Kier molecular flexibility index (Phi) is 4.54. The molecule has 8 nitrogen and oxygen atoms in total. The summed E-state index contributed by atoms with van der Waals surface area (Å²) in [5.41, 5.74) is -0.179. The molecule has 0 unspecified atom stereocenters. The fraction of sp³-hybridized carbons (Fsp3) is 0.316. The fourth-order valence-electron chi connectivity index (χ4n) is 3.55.